The third kappa shape index (κ3) is 2.25. The van der Waals surface area contributed by atoms with Gasteiger partial charge in [-0.1, -0.05) is 19.9 Å². The Kier molecular flexibility index (Phi) is 3.25. The van der Waals surface area contributed by atoms with Crippen LogP contribution in [0.3, 0.4) is 0 Å². The van der Waals surface area contributed by atoms with Gasteiger partial charge in [-0.15, -0.1) is 0 Å². The van der Waals surface area contributed by atoms with Crippen LogP contribution in [-0.4, -0.2) is 9.55 Å². The molecule has 0 aliphatic heterocycles. The van der Waals surface area contributed by atoms with Crippen LogP contribution in [0.15, 0.2) is 24.5 Å². The number of fused-ring (bicyclic) bond motifs is 1. The Bertz CT molecular complexity index is 471. The summed E-state index contributed by atoms with van der Waals surface area (Å²) < 4.78 is 2.22. The van der Waals surface area contributed by atoms with Crippen LogP contribution in [0.4, 0.5) is 0 Å². The number of rotatable bonds is 4. The topological polar surface area (TPSA) is 43.8 Å². The van der Waals surface area contributed by atoms with Crippen LogP contribution in [0, 0.1) is 5.92 Å². The second-order valence-corrected chi connectivity index (χ2v) is 4.65. The van der Waals surface area contributed by atoms with Crippen LogP contribution >= 0.6 is 0 Å². The maximum Gasteiger partial charge on any atom is 0.0958 e. The minimum absolute atomic E-state index is 0.589. The van der Waals surface area contributed by atoms with Crippen molar-refractivity contribution >= 4 is 11.0 Å². The number of aryl methyl sites for hydroxylation is 1. The quantitative estimate of drug-likeness (QED) is 0.855. The lowest BCUT2D eigenvalue weighted by atomic mass is 10.1. The maximum atomic E-state index is 5.65. The van der Waals surface area contributed by atoms with Crippen molar-refractivity contribution < 1.29 is 0 Å². The number of benzene rings is 1. The van der Waals surface area contributed by atoms with Crippen molar-refractivity contribution in [1.82, 2.24) is 9.55 Å². The Balaban J connectivity index is 2.30. The average molecular weight is 217 g/mol. The van der Waals surface area contributed by atoms with Gasteiger partial charge < -0.3 is 10.3 Å². The molecule has 86 valence electrons. The van der Waals surface area contributed by atoms with Gasteiger partial charge in [-0.2, -0.15) is 0 Å². The number of imidazole rings is 1. The van der Waals surface area contributed by atoms with Gasteiger partial charge >= 0.3 is 0 Å². The molecule has 0 amide bonds. The van der Waals surface area contributed by atoms with Crippen LogP contribution in [0.2, 0.25) is 0 Å². The first-order valence-corrected chi connectivity index (χ1v) is 5.84. The Morgan fingerprint density at radius 2 is 2.19 bits per heavy atom. The SMILES string of the molecule is CC(C)CCn1cnc2ccc(CN)cc21. The summed E-state index contributed by atoms with van der Waals surface area (Å²) in [7, 11) is 0. The molecule has 1 heterocycles. The fourth-order valence-corrected chi connectivity index (χ4v) is 1.80. The summed E-state index contributed by atoms with van der Waals surface area (Å²) in [5.74, 6) is 0.718. The Morgan fingerprint density at radius 3 is 2.88 bits per heavy atom. The van der Waals surface area contributed by atoms with E-state index >= 15 is 0 Å². The summed E-state index contributed by atoms with van der Waals surface area (Å²) in [5, 5.41) is 0. The lowest BCUT2D eigenvalue weighted by Crippen LogP contribution is -2.01. The molecule has 0 spiro atoms. The highest BCUT2D eigenvalue weighted by Gasteiger charge is 2.04. The second kappa shape index (κ2) is 4.66. The summed E-state index contributed by atoms with van der Waals surface area (Å²) in [6.07, 6.45) is 3.10. The largest absolute Gasteiger partial charge is 0.331 e. The normalized spacial score (nSPS) is 11.5. The smallest absolute Gasteiger partial charge is 0.0958 e. The standard InChI is InChI=1S/C13H19N3/c1-10(2)5-6-16-9-15-12-4-3-11(8-14)7-13(12)16/h3-4,7,9-10H,5-6,8,14H2,1-2H3. The highest BCUT2D eigenvalue weighted by Crippen LogP contribution is 2.16. The van der Waals surface area contributed by atoms with E-state index in [1.807, 2.05) is 18.5 Å². The third-order valence-corrected chi connectivity index (χ3v) is 2.87. The van der Waals surface area contributed by atoms with Gasteiger partial charge in [0.05, 0.1) is 17.4 Å². The molecular weight excluding hydrogens is 198 g/mol. The maximum absolute atomic E-state index is 5.65. The molecule has 1 aromatic heterocycles. The number of nitrogens with two attached hydrogens (primary N) is 1. The molecule has 1 aromatic carbocycles. The summed E-state index contributed by atoms with van der Waals surface area (Å²) in [6, 6.07) is 6.23. The molecule has 0 radical (unpaired) electrons. The van der Waals surface area contributed by atoms with Crippen LogP contribution in [-0.2, 0) is 13.1 Å². The van der Waals surface area contributed by atoms with Crippen molar-refractivity contribution in [2.45, 2.75) is 33.4 Å². The van der Waals surface area contributed by atoms with E-state index in [0.29, 0.717) is 6.54 Å². The minimum atomic E-state index is 0.589. The molecule has 0 unspecified atom stereocenters. The Labute approximate surface area is 96.3 Å². The molecule has 0 aliphatic carbocycles. The number of hydrogen-bond acceptors (Lipinski definition) is 2. The van der Waals surface area contributed by atoms with Gasteiger partial charge in [0.2, 0.25) is 0 Å². The van der Waals surface area contributed by atoms with E-state index in [-0.39, 0.29) is 0 Å². The molecule has 0 saturated carbocycles. The monoisotopic (exact) mass is 217 g/mol. The van der Waals surface area contributed by atoms with E-state index in [1.54, 1.807) is 0 Å². The number of hydrogen-bond donors (Lipinski definition) is 1. The lowest BCUT2D eigenvalue weighted by molar-refractivity contribution is 0.523. The van der Waals surface area contributed by atoms with Gasteiger partial charge in [-0.05, 0) is 30.0 Å². The predicted octanol–water partition coefficient (Wildman–Crippen LogP) is 2.54. The highest BCUT2D eigenvalue weighted by molar-refractivity contribution is 5.76. The highest BCUT2D eigenvalue weighted by atomic mass is 15.0. The number of nitrogens with zero attached hydrogens (tertiary/aromatic N) is 2. The van der Waals surface area contributed by atoms with Crippen molar-refractivity contribution in [2.24, 2.45) is 11.7 Å². The van der Waals surface area contributed by atoms with Crippen molar-refractivity contribution in [3.8, 4) is 0 Å². The van der Waals surface area contributed by atoms with Gasteiger partial charge in [0.15, 0.2) is 0 Å². The minimum Gasteiger partial charge on any atom is -0.331 e. The first-order valence-electron chi connectivity index (χ1n) is 5.84. The lowest BCUT2D eigenvalue weighted by Gasteiger charge is -2.07. The summed E-state index contributed by atoms with van der Waals surface area (Å²) in [5.41, 5.74) is 9.07. The van der Waals surface area contributed by atoms with Crippen LogP contribution in [0.1, 0.15) is 25.8 Å². The summed E-state index contributed by atoms with van der Waals surface area (Å²) in [6.45, 7) is 6.10. The average Bonchev–Trinajstić information content (AvgIpc) is 2.68. The van der Waals surface area contributed by atoms with E-state index in [1.165, 1.54) is 17.5 Å². The summed E-state index contributed by atoms with van der Waals surface area (Å²) in [4.78, 5) is 4.39. The van der Waals surface area contributed by atoms with Crippen molar-refractivity contribution in [3.05, 3.63) is 30.1 Å². The third-order valence-electron chi connectivity index (χ3n) is 2.87. The molecule has 2 aromatic rings. The molecule has 2 N–H and O–H groups in total. The molecule has 3 heteroatoms. The molecule has 0 aliphatic rings. The molecule has 2 rings (SSSR count). The van der Waals surface area contributed by atoms with Crippen LogP contribution in [0.5, 0.6) is 0 Å². The molecule has 16 heavy (non-hydrogen) atoms. The summed E-state index contributed by atoms with van der Waals surface area (Å²) >= 11 is 0. The van der Waals surface area contributed by atoms with Gasteiger partial charge in [0.25, 0.3) is 0 Å². The number of aromatic nitrogens is 2. The molecule has 3 nitrogen and oxygen atoms in total. The fraction of sp³-hybridized carbons (Fsp3) is 0.462. The zero-order chi connectivity index (χ0) is 11.5. The van der Waals surface area contributed by atoms with E-state index in [0.717, 1.165) is 18.0 Å². The Hall–Kier alpha value is -1.35. The first kappa shape index (κ1) is 11.1. The van der Waals surface area contributed by atoms with Crippen molar-refractivity contribution in [1.29, 1.82) is 0 Å². The van der Waals surface area contributed by atoms with E-state index < -0.39 is 0 Å². The molecule has 0 atom stereocenters. The van der Waals surface area contributed by atoms with Crippen molar-refractivity contribution in [3.63, 3.8) is 0 Å². The first-order chi connectivity index (χ1) is 7.70. The van der Waals surface area contributed by atoms with E-state index in [2.05, 4.69) is 29.5 Å². The van der Waals surface area contributed by atoms with Gasteiger partial charge in [-0.25, -0.2) is 4.98 Å². The van der Waals surface area contributed by atoms with Crippen LogP contribution < -0.4 is 5.73 Å². The van der Waals surface area contributed by atoms with Crippen LogP contribution in [0.25, 0.3) is 11.0 Å². The second-order valence-electron chi connectivity index (χ2n) is 4.65. The molecular formula is C13H19N3. The van der Waals surface area contributed by atoms with E-state index in [4.69, 9.17) is 5.73 Å². The molecule has 0 saturated heterocycles. The molecule has 0 bridgehead atoms. The van der Waals surface area contributed by atoms with Gasteiger partial charge in [0.1, 0.15) is 0 Å². The van der Waals surface area contributed by atoms with Gasteiger partial charge in [-0.3, -0.25) is 0 Å². The Morgan fingerprint density at radius 1 is 1.38 bits per heavy atom. The van der Waals surface area contributed by atoms with E-state index in [9.17, 15) is 0 Å². The van der Waals surface area contributed by atoms with Crippen molar-refractivity contribution in [2.75, 3.05) is 0 Å². The predicted molar refractivity (Wildman–Crippen MR) is 67.1 cm³/mol. The zero-order valence-corrected chi connectivity index (χ0v) is 9.98. The fourth-order valence-electron chi connectivity index (χ4n) is 1.80. The molecule has 0 fully saturated rings. The zero-order valence-electron chi connectivity index (χ0n) is 9.98. The van der Waals surface area contributed by atoms with Gasteiger partial charge in [0, 0.05) is 13.1 Å².